The molecule has 0 saturated carbocycles. The first kappa shape index (κ1) is 34.0. The number of hydrogen-bond donors (Lipinski definition) is 0. The number of aryl methyl sites for hydroxylation is 2. The fourth-order valence-electron chi connectivity index (χ4n) is 6.70. The van der Waals surface area contributed by atoms with Gasteiger partial charge in [-0.1, -0.05) is 154 Å². The first-order valence-electron chi connectivity index (χ1n) is 17.6. The minimum Gasteiger partial charge on any atom is -0.344 e. The molecule has 6 aromatic carbocycles. The number of fused-ring (bicyclic) bond motifs is 6. The van der Waals surface area contributed by atoms with E-state index in [0.29, 0.717) is 0 Å². The highest BCUT2D eigenvalue weighted by atomic mass is 15.0. The lowest BCUT2D eigenvalue weighted by Crippen LogP contribution is -1.93. The van der Waals surface area contributed by atoms with Gasteiger partial charge >= 0.3 is 0 Å². The fraction of sp³-hybridized carbons (Fsp3) is 0.125. The Morgan fingerprint density at radius 2 is 1.08 bits per heavy atom. The van der Waals surface area contributed by atoms with Crippen LogP contribution in [-0.4, -0.2) is 9.13 Å². The van der Waals surface area contributed by atoms with E-state index in [9.17, 15) is 0 Å². The summed E-state index contributed by atoms with van der Waals surface area (Å²) in [5.74, 6) is 0. The summed E-state index contributed by atoms with van der Waals surface area (Å²) in [5, 5.41) is 5.21. The van der Waals surface area contributed by atoms with Gasteiger partial charge in [0.15, 0.2) is 0 Å². The van der Waals surface area contributed by atoms with E-state index in [-0.39, 0.29) is 0 Å². The molecule has 50 heavy (non-hydrogen) atoms. The molecular weight excluding hydrogens is 605 g/mol. The Morgan fingerprint density at radius 3 is 1.68 bits per heavy atom. The standard InChI is InChI=1S/C32H27N.C13H11N.C3H8/c1-4-25(19-18-24(3)28-15-9-8-12-23(28)2)26-20-21-30-29-16-10-11-17-31(29)33(32(30)22-26)27-13-6-5-7-14-27;1-14-12-8-4-2-6-10(12)11-7-3-5-9-13(11)14;1-3-2/h4-22H,3H2,1-2H3;2-9H,1H3;3H2,1-2H3/b19-18-,25-4+;;. The van der Waals surface area contributed by atoms with Gasteiger partial charge in [0, 0.05) is 45.3 Å². The molecule has 2 nitrogen and oxygen atoms in total. The summed E-state index contributed by atoms with van der Waals surface area (Å²) in [5.41, 5.74) is 12.0. The molecule has 8 aromatic rings. The van der Waals surface area contributed by atoms with Gasteiger partial charge in [-0.2, -0.15) is 0 Å². The van der Waals surface area contributed by atoms with E-state index in [2.05, 4.69) is 214 Å². The van der Waals surface area contributed by atoms with Gasteiger partial charge in [0.2, 0.25) is 0 Å². The van der Waals surface area contributed by atoms with Crippen LogP contribution in [0.15, 0.2) is 170 Å². The normalized spacial score (nSPS) is 11.5. The number of allylic oxidation sites excluding steroid dienone is 5. The molecule has 0 N–H and O–H groups in total. The van der Waals surface area contributed by atoms with Crippen LogP contribution in [0.25, 0.3) is 60.4 Å². The first-order chi connectivity index (χ1) is 24.5. The zero-order chi connectivity index (χ0) is 35.0. The van der Waals surface area contributed by atoms with Gasteiger partial charge in [0.1, 0.15) is 0 Å². The molecule has 0 atom stereocenters. The number of rotatable bonds is 5. The van der Waals surface area contributed by atoms with Crippen molar-refractivity contribution in [3.05, 3.63) is 187 Å². The van der Waals surface area contributed by atoms with Gasteiger partial charge in [0.25, 0.3) is 0 Å². The second-order valence-electron chi connectivity index (χ2n) is 12.6. The number of nitrogens with zero attached hydrogens (tertiary/aromatic N) is 2. The van der Waals surface area contributed by atoms with Gasteiger partial charge in [-0.15, -0.1) is 0 Å². The molecule has 0 radical (unpaired) electrons. The molecule has 0 bridgehead atoms. The summed E-state index contributed by atoms with van der Waals surface area (Å²) >= 11 is 0. The molecule has 0 aliphatic heterocycles. The summed E-state index contributed by atoms with van der Waals surface area (Å²) < 4.78 is 4.60. The summed E-state index contributed by atoms with van der Waals surface area (Å²) in [7, 11) is 2.12. The van der Waals surface area contributed by atoms with Crippen LogP contribution in [0.2, 0.25) is 0 Å². The molecule has 8 rings (SSSR count). The van der Waals surface area contributed by atoms with Gasteiger partial charge in [-0.05, 0) is 78.1 Å². The number of hydrogen-bond acceptors (Lipinski definition) is 0. The Labute approximate surface area is 296 Å². The van der Waals surface area contributed by atoms with Crippen molar-refractivity contribution in [2.24, 2.45) is 7.05 Å². The highest BCUT2D eigenvalue weighted by Crippen LogP contribution is 2.34. The zero-order valence-electron chi connectivity index (χ0n) is 29.9. The molecule has 0 aliphatic rings. The van der Waals surface area contributed by atoms with Crippen molar-refractivity contribution in [3.8, 4) is 5.69 Å². The van der Waals surface area contributed by atoms with Crippen molar-refractivity contribution < 1.29 is 0 Å². The summed E-state index contributed by atoms with van der Waals surface area (Å²) in [4.78, 5) is 0. The monoisotopic (exact) mass is 650 g/mol. The van der Waals surface area contributed by atoms with E-state index in [1.54, 1.807) is 0 Å². The molecule has 2 aromatic heterocycles. The third-order valence-electron chi connectivity index (χ3n) is 9.11. The average Bonchev–Trinajstić information content (AvgIpc) is 3.64. The van der Waals surface area contributed by atoms with Gasteiger partial charge in [-0.3, -0.25) is 0 Å². The predicted molar refractivity (Wildman–Crippen MR) is 220 cm³/mol. The van der Waals surface area contributed by atoms with E-state index < -0.39 is 0 Å². The Balaban J connectivity index is 0.000000209. The van der Waals surface area contributed by atoms with E-state index in [4.69, 9.17) is 0 Å². The number of aromatic nitrogens is 2. The Morgan fingerprint density at radius 1 is 0.580 bits per heavy atom. The molecular formula is C48H46N2. The molecule has 0 fully saturated rings. The van der Waals surface area contributed by atoms with Crippen LogP contribution in [0.1, 0.15) is 43.9 Å². The first-order valence-corrected chi connectivity index (χ1v) is 17.6. The van der Waals surface area contributed by atoms with Crippen LogP contribution in [0.3, 0.4) is 0 Å². The SMILES string of the molecule is C=C(/C=C\C(=C/C)c1ccc2c3ccccc3n(-c3ccccc3)c2c1)c1ccccc1C.CCC.Cn1c2ccccc2c2ccccc21. The zero-order valence-corrected chi connectivity index (χ0v) is 29.9. The van der Waals surface area contributed by atoms with E-state index in [1.807, 2.05) is 0 Å². The van der Waals surface area contributed by atoms with Crippen LogP contribution in [0, 0.1) is 6.92 Å². The Hall–Kier alpha value is -5.86. The average molecular weight is 651 g/mol. The molecule has 0 saturated heterocycles. The molecule has 2 heteroatoms. The van der Waals surface area contributed by atoms with E-state index in [1.165, 1.54) is 78.0 Å². The van der Waals surface area contributed by atoms with Crippen molar-refractivity contribution >= 4 is 54.8 Å². The quantitative estimate of drug-likeness (QED) is 0.164. The molecule has 0 aliphatic carbocycles. The third kappa shape index (κ3) is 6.84. The lowest BCUT2D eigenvalue weighted by Gasteiger charge is -2.09. The van der Waals surface area contributed by atoms with Crippen LogP contribution >= 0.6 is 0 Å². The van der Waals surface area contributed by atoms with E-state index >= 15 is 0 Å². The maximum atomic E-state index is 4.30. The third-order valence-corrected chi connectivity index (χ3v) is 9.11. The van der Waals surface area contributed by atoms with Gasteiger partial charge < -0.3 is 9.13 Å². The van der Waals surface area contributed by atoms with Crippen LogP contribution in [0.4, 0.5) is 0 Å². The maximum Gasteiger partial charge on any atom is 0.0547 e. The topological polar surface area (TPSA) is 9.86 Å². The summed E-state index contributed by atoms with van der Waals surface area (Å²) in [6.45, 7) is 12.8. The van der Waals surface area contributed by atoms with Crippen LogP contribution in [0.5, 0.6) is 0 Å². The minimum absolute atomic E-state index is 1.02. The van der Waals surface area contributed by atoms with Gasteiger partial charge in [-0.25, -0.2) is 0 Å². The highest BCUT2D eigenvalue weighted by molar-refractivity contribution is 6.10. The molecule has 0 unspecified atom stereocenters. The van der Waals surface area contributed by atoms with Crippen molar-refractivity contribution in [1.82, 2.24) is 9.13 Å². The van der Waals surface area contributed by atoms with Crippen molar-refractivity contribution in [3.63, 3.8) is 0 Å². The van der Waals surface area contributed by atoms with E-state index in [0.717, 1.165) is 5.57 Å². The lowest BCUT2D eigenvalue weighted by molar-refractivity contribution is 1.01. The second kappa shape index (κ2) is 15.6. The van der Waals surface area contributed by atoms with Crippen molar-refractivity contribution in [2.75, 3.05) is 0 Å². The molecule has 2 heterocycles. The lowest BCUT2D eigenvalue weighted by atomic mass is 9.98. The van der Waals surface area contributed by atoms with Crippen LogP contribution < -0.4 is 0 Å². The number of benzene rings is 6. The smallest absolute Gasteiger partial charge is 0.0547 e. The van der Waals surface area contributed by atoms with Crippen LogP contribution in [-0.2, 0) is 7.05 Å². The minimum atomic E-state index is 1.02. The Kier molecular flexibility index (Phi) is 10.6. The summed E-state index contributed by atoms with van der Waals surface area (Å²) in [6.07, 6.45) is 7.71. The fourth-order valence-corrected chi connectivity index (χ4v) is 6.70. The van der Waals surface area contributed by atoms with Crippen molar-refractivity contribution in [2.45, 2.75) is 34.1 Å². The second-order valence-corrected chi connectivity index (χ2v) is 12.6. The summed E-state index contributed by atoms with van der Waals surface area (Å²) in [6, 6.07) is 51.4. The Bertz CT molecular complexity index is 2410. The molecule has 0 amide bonds. The molecule has 248 valence electrons. The largest absolute Gasteiger partial charge is 0.344 e. The highest BCUT2D eigenvalue weighted by Gasteiger charge is 2.13. The molecule has 0 spiro atoms. The van der Waals surface area contributed by atoms with Crippen molar-refractivity contribution in [1.29, 1.82) is 0 Å². The predicted octanol–water partition coefficient (Wildman–Crippen LogP) is 13.5. The van der Waals surface area contributed by atoms with Gasteiger partial charge in [0.05, 0.1) is 11.0 Å². The maximum absolute atomic E-state index is 4.30. The number of para-hydroxylation sites is 4.